The highest BCUT2D eigenvalue weighted by Crippen LogP contribution is 2.33. The van der Waals surface area contributed by atoms with E-state index in [0.29, 0.717) is 19.5 Å². The maximum atomic E-state index is 12.7. The molecule has 1 saturated heterocycles. The number of carbonyl (C=O) groups is 1. The van der Waals surface area contributed by atoms with E-state index in [4.69, 9.17) is 4.74 Å². The van der Waals surface area contributed by atoms with Crippen LogP contribution in [-0.2, 0) is 23.0 Å². The van der Waals surface area contributed by atoms with Crippen LogP contribution < -0.4 is 0 Å². The van der Waals surface area contributed by atoms with Crippen LogP contribution in [0.3, 0.4) is 0 Å². The van der Waals surface area contributed by atoms with Crippen LogP contribution >= 0.6 is 11.8 Å². The van der Waals surface area contributed by atoms with Gasteiger partial charge in [0.15, 0.2) is 5.16 Å². The first-order valence-electron chi connectivity index (χ1n) is 8.95. The van der Waals surface area contributed by atoms with Crippen molar-refractivity contribution >= 4 is 17.7 Å². The molecule has 2 heterocycles. The highest BCUT2D eigenvalue weighted by atomic mass is 32.2. The van der Waals surface area contributed by atoms with Crippen LogP contribution in [0.1, 0.15) is 37.1 Å². The molecular formula is C19H26N4O2S. The van der Waals surface area contributed by atoms with Gasteiger partial charge in [-0.2, -0.15) is 0 Å². The van der Waals surface area contributed by atoms with Crippen LogP contribution in [-0.4, -0.2) is 50.9 Å². The minimum absolute atomic E-state index is 0.0943. The number of nitrogens with zero attached hydrogens (tertiary/aromatic N) is 4. The Bertz CT molecular complexity index is 754. The third-order valence-electron chi connectivity index (χ3n) is 4.50. The largest absolute Gasteiger partial charge is 0.372 e. The van der Waals surface area contributed by atoms with E-state index in [-0.39, 0.29) is 23.4 Å². The number of hydrogen-bond acceptors (Lipinski definition) is 5. The van der Waals surface area contributed by atoms with Crippen molar-refractivity contribution in [2.45, 2.75) is 49.8 Å². The number of thioether (sulfide) groups is 1. The van der Waals surface area contributed by atoms with Gasteiger partial charge < -0.3 is 14.2 Å². The Morgan fingerprint density at radius 1 is 1.35 bits per heavy atom. The van der Waals surface area contributed by atoms with Crippen LogP contribution in [0.2, 0.25) is 0 Å². The van der Waals surface area contributed by atoms with Gasteiger partial charge in [-0.25, -0.2) is 0 Å². The average molecular weight is 375 g/mol. The van der Waals surface area contributed by atoms with E-state index in [2.05, 4.69) is 29.3 Å². The van der Waals surface area contributed by atoms with E-state index < -0.39 is 0 Å². The molecule has 0 spiro atoms. The monoisotopic (exact) mass is 374 g/mol. The van der Waals surface area contributed by atoms with Crippen molar-refractivity contribution in [1.29, 1.82) is 0 Å². The summed E-state index contributed by atoms with van der Waals surface area (Å²) in [4.78, 5) is 14.6. The molecule has 3 rings (SSSR count). The maximum absolute atomic E-state index is 12.7. The second-order valence-corrected chi connectivity index (χ2v) is 8.27. The lowest BCUT2D eigenvalue weighted by Gasteiger charge is -2.35. The molecule has 3 atom stereocenters. The predicted molar refractivity (Wildman–Crippen MR) is 102 cm³/mol. The first-order chi connectivity index (χ1) is 12.4. The van der Waals surface area contributed by atoms with Gasteiger partial charge in [-0.15, -0.1) is 10.2 Å². The van der Waals surface area contributed by atoms with Gasteiger partial charge in [0.05, 0.1) is 18.6 Å². The van der Waals surface area contributed by atoms with Crippen LogP contribution in [0.4, 0.5) is 0 Å². The van der Waals surface area contributed by atoms with Crippen LogP contribution in [0, 0.1) is 0 Å². The Morgan fingerprint density at radius 2 is 2.08 bits per heavy atom. The third kappa shape index (κ3) is 4.65. The summed E-state index contributed by atoms with van der Waals surface area (Å²) in [6.07, 6.45) is 2.32. The fourth-order valence-electron chi connectivity index (χ4n) is 3.23. The number of carbonyl (C=O) groups excluding carboxylic acids is 1. The van der Waals surface area contributed by atoms with E-state index in [1.54, 1.807) is 18.1 Å². The summed E-state index contributed by atoms with van der Waals surface area (Å²) in [5.74, 6) is 0.165. The van der Waals surface area contributed by atoms with Crippen molar-refractivity contribution < 1.29 is 9.53 Å². The number of morpholine rings is 1. The summed E-state index contributed by atoms with van der Waals surface area (Å²) in [7, 11) is 1.94. The molecule has 0 bridgehead atoms. The smallest absolute Gasteiger partial charge is 0.227 e. The van der Waals surface area contributed by atoms with Gasteiger partial charge in [0.2, 0.25) is 5.91 Å². The van der Waals surface area contributed by atoms with Crippen molar-refractivity contribution in [1.82, 2.24) is 19.7 Å². The van der Waals surface area contributed by atoms with Crippen LogP contribution in [0.15, 0.2) is 35.7 Å². The molecule has 2 aromatic rings. The van der Waals surface area contributed by atoms with Gasteiger partial charge >= 0.3 is 0 Å². The highest BCUT2D eigenvalue weighted by molar-refractivity contribution is 7.99. The Kier molecular flexibility index (Phi) is 5.98. The normalized spacial score (nSPS) is 21.6. The molecule has 1 aliphatic heterocycles. The highest BCUT2D eigenvalue weighted by Gasteiger charge is 2.25. The van der Waals surface area contributed by atoms with E-state index in [9.17, 15) is 4.79 Å². The molecule has 0 N–H and O–H groups in total. The Balaban J connectivity index is 1.65. The average Bonchev–Trinajstić information content (AvgIpc) is 2.99. The number of aryl methyl sites for hydroxylation is 1. The predicted octanol–water partition coefficient (Wildman–Crippen LogP) is 2.85. The van der Waals surface area contributed by atoms with Crippen molar-refractivity contribution in [2.75, 3.05) is 13.1 Å². The molecule has 7 heteroatoms. The Hall–Kier alpha value is -1.86. The molecule has 6 nitrogen and oxygen atoms in total. The lowest BCUT2D eigenvalue weighted by molar-refractivity contribution is -0.142. The summed E-state index contributed by atoms with van der Waals surface area (Å²) < 4.78 is 7.63. The lowest BCUT2D eigenvalue weighted by atomic mass is 10.1. The topological polar surface area (TPSA) is 60.2 Å². The summed E-state index contributed by atoms with van der Waals surface area (Å²) in [6, 6.07) is 8.27. The Morgan fingerprint density at radius 3 is 2.73 bits per heavy atom. The molecule has 1 aromatic heterocycles. The second-order valence-electron chi connectivity index (χ2n) is 6.96. The van der Waals surface area contributed by atoms with Gasteiger partial charge in [0, 0.05) is 25.4 Å². The van der Waals surface area contributed by atoms with Gasteiger partial charge in [-0.1, -0.05) is 36.0 Å². The maximum Gasteiger partial charge on any atom is 0.227 e. The molecule has 0 saturated carbocycles. The molecular weight excluding hydrogens is 348 g/mol. The van der Waals surface area contributed by atoms with Crippen molar-refractivity contribution in [3.63, 3.8) is 0 Å². The van der Waals surface area contributed by atoms with Crippen molar-refractivity contribution in [2.24, 2.45) is 7.05 Å². The quantitative estimate of drug-likeness (QED) is 0.753. The number of amides is 1. The minimum Gasteiger partial charge on any atom is -0.372 e. The van der Waals surface area contributed by atoms with E-state index in [1.807, 2.05) is 42.5 Å². The molecule has 1 aromatic carbocycles. The summed E-state index contributed by atoms with van der Waals surface area (Å²) >= 11 is 1.66. The zero-order chi connectivity index (χ0) is 18.7. The first-order valence-corrected chi connectivity index (χ1v) is 9.83. The number of hydrogen-bond donors (Lipinski definition) is 0. The summed E-state index contributed by atoms with van der Waals surface area (Å²) in [5, 5.41) is 9.17. The summed E-state index contributed by atoms with van der Waals surface area (Å²) in [5.41, 5.74) is 2.23. The zero-order valence-corrected chi connectivity index (χ0v) is 16.6. The van der Waals surface area contributed by atoms with Crippen molar-refractivity contribution in [3.05, 3.63) is 41.7 Å². The minimum atomic E-state index is 0.0943. The van der Waals surface area contributed by atoms with Gasteiger partial charge in [-0.3, -0.25) is 4.79 Å². The molecule has 26 heavy (non-hydrogen) atoms. The molecule has 1 fully saturated rings. The van der Waals surface area contributed by atoms with Gasteiger partial charge in [-0.05, 0) is 31.9 Å². The summed E-state index contributed by atoms with van der Waals surface area (Å²) in [6.45, 7) is 7.51. The fraction of sp³-hybridized carbons (Fsp3) is 0.526. The van der Waals surface area contributed by atoms with Gasteiger partial charge in [0.25, 0.3) is 0 Å². The number of benzene rings is 1. The SMILES string of the molecule is CC1CN(C(=O)Cc2cccc([C@H](C)Sc3nncn3C)c2)CC(C)O1. The first kappa shape index (κ1) is 18.9. The number of aromatic nitrogens is 3. The standard InChI is InChI=1S/C19H26N4O2S/c1-13-10-23(11-14(2)25-13)18(24)9-16-6-5-7-17(8-16)15(3)26-19-21-20-12-22(19)4/h5-8,12-15H,9-11H2,1-4H3/t13?,14?,15-/m0/s1. The zero-order valence-electron chi connectivity index (χ0n) is 15.8. The molecule has 2 unspecified atom stereocenters. The van der Waals surface area contributed by atoms with Gasteiger partial charge in [0.1, 0.15) is 6.33 Å². The van der Waals surface area contributed by atoms with E-state index >= 15 is 0 Å². The van der Waals surface area contributed by atoms with Crippen LogP contribution in [0.25, 0.3) is 0 Å². The van der Waals surface area contributed by atoms with E-state index in [1.165, 1.54) is 5.56 Å². The lowest BCUT2D eigenvalue weighted by Crippen LogP contribution is -2.48. The molecule has 0 aliphatic carbocycles. The van der Waals surface area contributed by atoms with Crippen LogP contribution in [0.5, 0.6) is 0 Å². The second kappa shape index (κ2) is 8.22. The molecule has 1 aliphatic rings. The van der Waals surface area contributed by atoms with Crippen molar-refractivity contribution in [3.8, 4) is 0 Å². The number of rotatable bonds is 5. The Labute approximate surface area is 158 Å². The van der Waals surface area contributed by atoms with E-state index in [0.717, 1.165) is 10.7 Å². The third-order valence-corrected chi connectivity index (χ3v) is 5.71. The number of ether oxygens (including phenoxy) is 1. The molecule has 1 amide bonds. The molecule has 0 radical (unpaired) electrons. The molecule has 140 valence electrons. The fourth-order valence-corrected chi connectivity index (χ4v) is 4.14.